The van der Waals surface area contributed by atoms with E-state index in [9.17, 15) is 9.59 Å². The van der Waals surface area contributed by atoms with Gasteiger partial charge < -0.3 is 4.79 Å². The molecule has 0 aromatic carbocycles. The van der Waals surface area contributed by atoms with Gasteiger partial charge in [0, 0.05) is 0 Å². The van der Waals surface area contributed by atoms with Crippen molar-refractivity contribution in [1.29, 1.82) is 0 Å². The van der Waals surface area contributed by atoms with E-state index in [1.807, 2.05) is 0 Å². The van der Waals surface area contributed by atoms with E-state index in [-0.39, 0.29) is 0 Å². The molecule has 8 heavy (non-hydrogen) atoms. The first-order valence-electron chi connectivity index (χ1n) is 2.37. The van der Waals surface area contributed by atoms with Crippen LogP contribution in [-0.4, -0.2) is 11.5 Å². The van der Waals surface area contributed by atoms with Crippen molar-refractivity contribution >= 4 is 23.1 Å². The van der Waals surface area contributed by atoms with Gasteiger partial charge in [0.2, 0.25) is 5.24 Å². The zero-order valence-electron chi connectivity index (χ0n) is 4.56. The molecule has 0 heterocycles. The molecule has 0 aliphatic carbocycles. The SMILES string of the molecule is CCC(C=O)C(=O)Cl. The second-order valence-electron chi connectivity index (χ2n) is 1.45. The Hall–Kier alpha value is -0.370. The van der Waals surface area contributed by atoms with Crippen molar-refractivity contribution in [2.45, 2.75) is 13.3 Å². The highest BCUT2D eigenvalue weighted by atomic mass is 35.5. The van der Waals surface area contributed by atoms with E-state index in [1.54, 1.807) is 6.92 Å². The van der Waals surface area contributed by atoms with E-state index in [0.717, 1.165) is 0 Å². The largest absolute Gasteiger partial charge is 0.303 e. The Balaban J connectivity index is 3.69. The average molecular weight is 135 g/mol. The minimum Gasteiger partial charge on any atom is -0.303 e. The molecule has 0 radical (unpaired) electrons. The summed E-state index contributed by atoms with van der Waals surface area (Å²) in [5.74, 6) is -0.600. The van der Waals surface area contributed by atoms with Crippen LogP contribution < -0.4 is 0 Å². The minimum atomic E-state index is -0.600. The predicted octanol–water partition coefficient (Wildman–Crippen LogP) is 0.977. The van der Waals surface area contributed by atoms with Gasteiger partial charge in [0.25, 0.3) is 0 Å². The Bertz CT molecular complexity index is 101. The lowest BCUT2D eigenvalue weighted by Crippen LogP contribution is -2.07. The quantitative estimate of drug-likeness (QED) is 0.328. The molecule has 2 nitrogen and oxygen atoms in total. The van der Waals surface area contributed by atoms with Crippen LogP contribution in [0.1, 0.15) is 13.3 Å². The number of hydrogen-bond donors (Lipinski definition) is 0. The number of hydrogen-bond acceptors (Lipinski definition) is 2. The molecule has 0 spiro atoms. The summed E-state index contributed by atoms with van der Waals surface area (Å²) in [5.41, 5.74) is 0. The standard InChI is InChI=1S/C5H7ClO2/c1-2-4(3-7)5(6)8/h3-4H,2H2,1H3. The van der Waals surface area contributed by atoms with Crippen LogP contribution in [0.4, 0.5) is 0 Å². The molecular formula is C5H7ClO2. The fourth-order valence-corrected chi connectivity index (χ4v) is 0.516. The summed E-state index contributed by atoms with van der Waals surface area (Å²) in [6.07, 6.45) is 1.06. The molecule has 0 saturated carbocycles. The highest BCUT2D eigenvalue weighted by Crippen LogP contribution is 2.01. The Morgan fingerprint density at radius 2 is 2.38 bits per heavy atom. The van der Waals surface area contributed by atoms with E-state index in [4.69, 9.17) is 11.6 Å². The molecule has 46 valence electrons. The molecule has 3 heteroatoms. The van der Waals surface area contributed by atoms with Crippen molar-refractivity contribution < 1.29 is 9.59 Å². The first kappa shape index (κ1) is 7.63. The smallest absolute Gasteiger partial charge is 0.231 e. The van der Waals surface area contributed by atoms with Gasteiger partial charge in [-0.3, -0.25) is 4.79 Å². The van der Waals surface area contributed by atoms with Crippen molar-refractivity contribution in [3.8, 4) is 0 Å². The van der Waals surface area contributed by atoms with Crippen LogP contribution >= 0.6 is 11.6 Å². The normalized spacial score (nSPS) is 12.8. The second-order valence-corrected chi connectivity index (χ2v) is 1.83. The molecule has 0 saturated heterocycles. The number of halogens is 1. The maximum absolute atomic E-state index is 10.1. The molecule has 1 unspecified atom stereocenters. The summed E-state index contributed by atoms with van der Waals surface area (Å²) >= 11 is 4.97. The minimum absolute atomic E-state index is 0.492. The summed E-state index contributed by atoms with van der Waals surface area (Å²) in [6, 6.07) is 0. The van der Waals surface area contributed by atoms with Crippen LogP contribution in [0.3, 0.4) is 0 Å². The fraction of sp³-hybridized carbons (Fsp3) is 0.600. The molecule has 0 fully saturated rings. The van der Waals surface area contributed by atoms with E-state index in [2.05, 4.69) is 0 Å². The van der Waals surface area contributed by atoms with Gasteiger partial charge in [0.15, 0.2) is 0 Å². The third-order valence-electron chi connectivity index (χ3n) is 0.896. The third kappa shape index (κ3) is 2.07. The van der Waals surface area contributed by atoms with Crippen molar-refractivity contribution in [2.24, 2.45) is 5.92 Å². The zero-order chi connectivity index (χ0) is 6.57. The number of rotatable bonds is 3. The molecule has 0 rings (SSSR count). The second kappa shape index (κ2) is 3.61. The summed E-state index contributed by atoms with van der Waals surface area (Å²) in [4.78, 5) is 20.0. The van der Waals surface area contributed by atoms with Crippen LogP contribution in [0.5, 0.6) is 0 Å². The first-order valence-corrected chi connectivity index (χ1v) is 2.74. The molecule has 0 aromatic heterocycles. The Labute approximate surface area is 52.8 Å². The van der Waals surface area contributed by atoms with Crippen molar-refractivity contribution in [3.63, 3.8) is 0 Å². The van der Waals surface area contributed by atoms with Gasteiger partial charge in [-0.25, -0.2) is 0 Å². The van der Waals surface area contributed by atoms with Gasteiger partial charge >= 0.3 is 0 Å². The number of carbonyl (C=O) groups excluding carboxylic acids is 2. The van der Waals surface area contributed by atoms with E-state index >= 15 is 0 Å². The Morgan fingerprint density at radius 3 is 2.38 bits per heavy atom. The number of carbonyl (C=O) groups is 2. The molecule has 0 amide bonds. The van der Waals surface area contributed by atoms with Crippen molar-refractivity contribution in [3.05, 3.63) is 0 Å². The van der Waals surface area contributed by atoms with E-state index in [0.29, 0.717) is 12.7 Å². The molecule has 0 aliphatic heterocycles. The number of aldehydes is 1. The van der Waals surface area contributed by atoms with Crippen LogP contribution in [0.2, 0.25) is 0 Å². The van der Waals surface area contributed by atoms with Gasteiger partial charge in [-0.05, 0) is 18.0 Å². The lowest BCUT2D eigenvalue weighted by molar-refractivity contribution is -0.121. The monoisotopic (exact) mass is 134 g/mol. The molecule has 0 N–H and O–H groups in total. The van der Waals surface area contributed by atoms with Crippen LogP contribution in [-0.2, 0) is 9.59 Å². The first-order chi connectivity index (χ1) is 3.72. The summed E-state index contributed by atoms with van der Waals surface area (Å²) in [7, 11) is 0. The van der Waals surface area contributed by atoms with Crippen molar-refractivity contribution in [1.82, 2.24) is 0 Å². The fourth-order valence-electron chi connectivity index (χ4n) is 0.310. The maximum Gasteiger partial charge on any atom is 0.231 e. The lowest BCUT2D eigenvalue weighted by atomic mass is 10.1. The molecular weight excluding hydrogens is 128 g/mol. The molecule has 0 aliphatic rings. The summed E-state index contributed by atoms with van der Waals surface area (Å²) in [5, 5.41) is -0.567. The van der Waals surface area contributed by atoms with Crippen LogP contribution in [0.15, 0.2) is 0 Å². The average Bonchev–Trinajstić information content (AvgIpc) is 1.69. The highest BCUT2D eigenvalue weighted by Gasteiger charge is 2.10. The van der Waals surface area contributed by atoms with E-state index < -0.39 is 11.2 Å². The predicted molar refractivity (Wildman–Crippen MR) is 30.7 cm³/mol. The zero-order valence-corrected chi connectivity index (χ0v) is 5.31. The Kier molecular flexibility index (Phi) is 3.44. The van der Waals surface area contributed by atoms with Gasteiger partial charge in [0.05, 0.1) is 5.92 Å². The summed E-state index contributed by atoms with van der Waals surface area (Å²) < 4.78 is 0. The molecule has 1 atom stereocenters. The van der Waals surface area contributed by atoms with Crippen molar-refractivity contribution in [2.75, 3.05) is 0 Å². The maximum atomic E-state index is 10.1. The van der Waals surface area contributed by atoms with Crippen LogP contribution in [0, 0.1) is 5.92 Å². The van der Waals surface area contributed by atoms with Crippen LogP contribution in [0.25, 0.3) is 0 Å². The van der Waals surface area contributed by atoms with Gasteiger partial charge in [-0.15, -0.1) is 0 Å². The molecule has 0 bridgehead atoms. The summed E-state index contributed by atoms with van der Waals surface area (Å²) in [6.45, 7) is 1.74. The van der Waals surface area contributed by atoms with Gasteiger partial charge in [-0.1, -0.05) is 6.92 Å². The topological polar surface area (TPSA) is 34.1 Å². The highest BCUT2D eigenvalue weighted by molar-refractivity contribution is 6.65. The molecule has 0 aromatic rings. The Morgan fingerprint density at radius 1 is 1.88 bits per heavy atom. The van der Waals surface area contributed by atoms with E-state index in [1.165, 1.54) is 0 Å². The van der Waals surface area contributed by atoms with Gasteiger partial charge in [-0.2, -0.15) is 0 Å². The van der Waals surface area contributed by atoms with Gasteiger partial charge in [0.1, 0.15) is 6.29 Å². The third-order valence-corrected chi connectivity index (χ3v) is 1.18. The lowest BCUT2D eigenvalue weighted by Gasteiger charge is -1.94.